The molecule has 5 heterocycles. The lowest BCUT2D eigenvalue weighted by atomic mass is 9.33. The Morgan fingerprint density at radius 1 is 0.459 bits per heavy atom. The Kier molecular flexibility index (Phi) is 9.95. The van der Waals surface area contributed by atoms with Crippen LogP contribution in [-0.4, -0.2) is 11.3 Å². The van der Waals surface area contributed by atoms with Crippen molar-refractivity contribution in [3.8, 4) is 5.69 Å². The molecular formula is C68H66BN3OS. The molecule has 0 atom stereocenters. The Morgan fingerprint density at radius 3 is 1.70 bits per heavy atom. The molecule has 0 radical (unpaired) electrons. The fraction of sp³-hybridized carbons (Fsp3) is 0.265. The molecule has 0 amide bonds. The molecule has 0 bridgehead atoms. The molecule has 13 rings (SSSR count). The lowest BCUT2D eigenvalue weighted by Crippen LogP contribution is -2.60. The summed E-state index contributed by atoms with van der Waals surface area (Å²) in [6.45, 7) is 32.6. The predicted molar refractivity (Wildman–Crippen MR) is 322 cm³/mol. The highest BCUT2D eigenvalue weighted by atomic mass is 32.1. The van der Waals surface area contributed by atoms with Gasteiger partial charge in [-0.3, -0.25) is 0 Å². The average molecular weight is 984 g/mol. The van der Waals surface area contributed by atoms with E-state index in [1.54, 1.807) is 0 Å². The van der Waals surface area contributed by atoms with Gasteiger partial charge in [0, 0.05) is 60.4 Å². The van der Waals surface area contributed by atoms with Gasteiger partial charge in [0.2, 0.25) is 0 Å². The monoisotopic (exact) mass is 984 g/mol. The van der Waals surface area contributed by atoms with Crippen LogP contribution in [0, 0.1) is 13.8 Å². The van der Waals surface area contributed by atoms with E-state index in [1.807, 2.05) is 11.3 Å². The zero-order valence-electron chi connectivity index (χ0n) is 45.6. The highest BCUT2D eigenvalue weighted by Crippen LogP contribution is 2.51. The van der Waals surface area contributed by atoms with Crippen LogP contribution in [0.4, 0.5) is 34.1 Å². The third-order valence-corrected chi connectivity index (χ3v) is 17.6. The van der Waals surface area contributed by atoms with Gasteiger partial charge in [0.1, 0.15) is 5.58 Å². The van der Waals surface area contributed by atoms with Crippen molar-refractivity contribution in [1.29, 1.82) is 0 Å². The van der Waals surface area contributed by atoms with Crippen LogP contribution in [0.25, 0.3) is 58.8 Å². The van der Waals surface area contributed by atoms with Crippen LogP contribution < -0.4 is 26.2 Å². The molecule has 8 aromatic carbocycles. The van der Waals surface area contributed by atoms with Crippen molar-refractivity contribution in [2.45, 2.75) is 119 Å². The Labute approximate surface area is 441 Å². The topological polar surface area (TPSA) is 24.6 Å². The second-order valence-corrected chi connectivity index (χ2v) is 26.7. The van der Waals surface area contributed by atoms with E-state index in [0.29, 0.717) is 0 Å². The van der Waals surface area contributed by atoms with E-state index in [1.165, 1.54) is 104 Å². The SMILES string of the molecule is Cc1cc(C(C)(C)C)ccc1N(c1ccc2c(c1)N(c1cccc3c1oc1ccccc13)c1cc(C(C)(C)C)cc3c1B2c1cc(C(C)(C)C)cc2c4sc5ccccc5c4n-3c12)c1ccc(C(C)(C)C)cc1C. The third-order valence-electron chi connectivity index (χ3n) is 16.4. The molecule has 3 aromatic heterocycles. The molecule has 368 valence electrons. The summed E-state index contributed by atoms with van der Waals surface area (Å²) in [5.41, 5.74) is 24.1. The van der Waals surface area contributed by atoms with Crippen LogP contribution in [0.1, 0.15) is 116 Å². The Bertz CT molecular complexity index is 4110. The van der Waals surface area contributed by atoms with E-state index < -0.39 is 0 Å². The molecule has 0 aliphatic carbocycles. The predicted octanol–water partition coefficient (Wildman–Crippen LogP) is 17.8. The molecule has 0 saturated carbocycles. The first-order valence-corrected chi connectivity index (χ1v) is 27.4. The number of furan rings is 1. The lowest BCUT2D eigenvalue weighted by molar-refractivity contribution is 0.589. The number of anilines is 6. The van der Waals surface area contributed by atoms with Gasteiger partial charge < -0.3 is 18.8 Å². The minimum atomic E-state index is -0.164. The number of nitrogens with zero attached hydrogens (tertiary/aromatic N) is 3. The number of para-hydroxylation sites is 2. The Balaban J connectivity index is 1.18. The van der Waals surface area contributed by atoms with E-state index in [0.717, 1.165) is 39.0 Å². The first kappa shape index (κ1) is 46.7. The van der Waals surface area contributed by atoms with E-state index in [-0.39, 0.29) is 28.4 Å². The summed E-state index contributed by atoms with van der Waals surface area (Å²) in [4.78, 5) is 5.11. The van der Waals surface area contributed by atoms with Crippen molar-refractivity contribution in [3.05, 3.63) is 179 Å². The van der Waals surface area contributed by atoms with E-state index in [2.05, 4.69) is 257 Å². The summed E-state index contributed by atoms with van der Waals surface area (Å²) in [7, 11) is 0. The number of rotatable bonds is 4. The van der Waals surface area contributed by atoms with Crippen molar-refractivity contribution < 1.29 is 4.42 Å². The second kappa shape index (κ2) is 15.8. The summed E-state index contributed by atoms with van der Waals surface area (Å²) in [5.74, 6) is 0. The van der Waals surface area contributed by atoms with Crippen molar-refractivity contribution in [1.82, 2.24) is 4.57 Å². The number of thiophene rings is 1. The molecule has 0 spiro atoms. The van der Waals surface area contributed by atoms with Gasteiger partial charge >= 0.3 is 0 Å². The molecule has 74 heavy (non-hydrogen) atoms. The van der Waals surface area contributed by atoms with Gasteiger partial charge in [0.15, 0.2) is 5.58 Å². The number of aryl methyl sites for hydroxylation is 2. The Hall–Kier alpha value is -7.02. The standard InChI is InChI=1S/C68H66BN3OS/c1-39-32-41(65(3,4)5)26-30-52(39)70(53-31-27-42(33-40(53)2)66(6,7)8)45-28-29-50-55(38-45)71(54-23-19-22-47-46-20-15-17-24-58(46)73-63(47)54)56-36-44(68(12,13)14)37-57-60(56)69(50)51-35-43(67(9,10)11)34-49-61(51)72(57)62-48-21-16-18-25-59(48)74-64(49)62/h15-38H,1-14H3. The van der Waals surface area contributed by atoms with Gasteiger partial charge in [-0.15, -0.1) is 11.3 Å². The maximum Gasteiger partial charge on any atom is 0.252 e. The van der Waals surface area contributed by atoms with Gasteiger partial charge in [-0.1, -0.05) is 168 Å². The summed E-state index contributed by atoms with van der Waals surface area (Å²) >= 11 is 1.94. The van der Waals surface area contributed by atoms with Gasteiger partial charge in [-0.2, -0.15) is 0 Å². The van der Waals surface area contributed by atoms with E-state index >= 15 is 0 Å². The fourth-order valence-electron chi connectivity index (χ4n) is 12.3. The smallest absolute Gasteiger partial charge is 0.252 e. The molecule has 4 nitrogen and oxygen atoms in total. The maximum atomic E-state index is 7.07. The molecule has 0 fully saturated rings. The molecule has 11 aromatic rings. The molecule has 0 unspecified atom stereocenters. The van der Waals surface area contributed by atoms with Crippen molar-refractivity contribution in [2.24, 2.45) is 0 Å². The minimum Gasteiger partial charge on any atom is -0.454 e. The number of aromatic nitrogens is 1. The van der Waals surface area contributed by atoms with Gasteiger partial charge in [-0.25, -0.2) is 0 Å². The first-order chi connectivity index (χ1) is 35.1. The summed E-state index contributed by atoms with van der Waals surface area (Å²) < 4.78 is 12.4. The number of fused-ring (bicyclic) bond motifs is 12. The molecule has 0 saturated heterocycles. The van der Waals surface area contributed by atoms with Crippen LogP contribution in [0.5, 0.6) is 0 Å². The Morgan fingerprint density at radius 2 is 1.05 bits per heavy atom. The zero-order valence-corrected chi connectivity index (χ0v) is 46.4. The molecular weight excluding hydrogens is 918 g/mol. The summed E-state index contributed by atoms with van der Waals surface area (Å²) in [5, 5.41) is 4.89. The average Bonchev–Trinajstić information content (AvgIpc) is 4.02. The van der Waals surface area contributed by atoms with Crippen molar-refractivity contribution >= 4 is 122 Å². The first-order valence-electron chi connectivity index (χ1n) is 26.6. The highest BCUT2D eigenvalue weighted by Gasteiger charge is 2.45. The molecule has 0 N–H and O–H groups in total. The normalized spacial score (nSPS) is 13.8. The maximum absolute atomic E-state index is 7.07. The van der Waals surface area contributed by atoms with Gasteiger partial charge in [-0.05, 0) is 146 Å². The van der Waals surface area contributed by atoms with E-state index in [9.17, 15) is 0 Å². The van der Waals surface area contributed by atoms with Crippen molar-refractivity contribution in [2.75, 3.05) is 9.80 Å². The molecule has 2 aliphatic heterocycles. The number of hydrogen-bond donors (Lipinski definition) is 0. The van der Waals surface area contributed by atoms with Crippen LogP contribution in [0.3, 0.4) is 0 Å². The van der Waals surface area contributed by atoms with Crippen LogP contribution in [-0.2, 0) is 21.7 Å². The number of benzene rings is 8. The molecule has 2 aliphatic rings. The minimum absolute atomic E-state index is 0.0122. The van der Waals surface area contributed by atoms with Crippen LogP contribution in [0.2, 0.25) is 0 Å². The van der Waals surface area contributed by atoms with Gasteiger partial charge in [0.25, 0.3) is 6.71 Å². The number of hydrogen-bond acceptors (Lipinski definition) is 4. The molecule has 6 heteroatoms. The van der Waals surface area contributed by atoms with Crippen LogP contribution >= 0.6 is 11.3 Å². The van der Waals surface area contributed by atoms with Crippen LogP contribution in [0.15, 0.2) is 150 Å². The fourth-order valence-corrected chi connectivity index (χ4v) is 13.5. The quantitative estimate of drug-likeness (QED) is 0.164. The largest absolute Gasteiger partial charge is 0.454 e. The highest BCUT2D eigenvalue weighted by molar-refractivity contribution is 7.26. The van der Waals surface area contributed by atoms with Gasteiger partial charge in [0.05, 0.1) is 21.4 Å². The summed E-state index contributed by atoms with van der Waals surface area (Å²) in [6, 6.07) is 56.0. The lowest BCUT2D eigenvalue weighted by Gasteiger charge is -2.42. The second-order valence-electron chi connectivity index (χ2n) is 25.6. The zero-order chi connectivity index (χ0) is 51.7. The summed E-state index contributed by atoms with van der Waals surface area (Å²) in [6.07, 6.45) is 0. The van der Waals surface area contributed by atoms with E-state index in [4.69, 9.17) is 4.42 Å². The van der Waals surface area contributed by atoms with Crippen molar-refractivity contribution in [3.63, 3.8) is 0 Å². The third kappa shape index (κ3) is 6.93.